The minimum Gasteiger partial charge on any atom is -0.495 e. The summed E-state index contributed by atoms with van der Waals surface area (Å²) in [5, 5.41) is 0. The van der Waals surface area contributed by atoms with Gasteiger partial charge in [0.1, 0.15) is 5.75 Å². The van der Waals surface area contributed by atoms with Crippen LogP contribution >= 0.6 is 0 Å². The van der Waals surface area contributed by atoms with Gasteiger partial charge >= 0.3 is 5.97 Å². The predicted octanol–water partition coefficient (Wildman–Crippen LogP) is 1.81. The third kappa shape index (κ3) is 2.20. The molecule has 0 saturated heterocycles. The van der Waals surface area contributed by atoms with Crippen LogP contribution in [-0.4, -0.2) is 25.2 Å². The van der Waals surface area contributed by atoms with E-state index in [1.165, 1.54) is 7.11 Å². The fourth-order valence-electron chi connectivity index (χ4n) is 1.11. The van der Waals surface area contributed by atoms with E-state index in [-0.39, 0.29) is 11.3 Å². The number of hydrogen-bond donors (Lipinski definition) is 0. The zero-order chi connectivity index (χ0) is 11.4. The molecule has 0 amide bonds. The van der Waals surface area contributed by atoms with E-state index in [2.05, 4.69) is 9.72 Å². The Balaban J connectivity index is 3.31. The van der Waals surface area contributed by atoms with Gasteiger partial charge in [-0.2, -0.15) is 0 Å². The summed E-state index contributed by atoms with van der Waals surface area (Å²) in [5.74, 6) is -0.996. The Labute approximate surface area is 84.8 Å². The van der Waals surface area contributed by atoms with Crippen LogP contribution in [0.5, 0.6) is 5.75 Å². The third-order valence-electron chi connectivity index (χ3n) is 1.79. The maximum Gasteiger partial charge on any atom is 0.340 e. The summed E-state index contributed by atoms with van der Waals surface area (Å²) in [6.07, 6.45) is -0.680. The third-order valence-corrected chi connectivity index (χ3v) is 1.79. The van der Waals surface area contributed by atoms with Gasteiger partial charge in [0, 0.05) is 6.20 Å². The Morgan fingerprint density at radius 1 is 1.40 bits per heavy atom. The van der Waals surface area contributed by atoms with Crippen molar-refractivity contribution >= 4 is 5.97 Å². The fourth-order valence-corrected chi connectivity index (χ4v) is 1.11. The summed E-state index contributed by atoms with van der Waals surface area (Å²) in [6, 6.07) is 0. The van der Waals surface area contributed by atoms with Crippen molar-refractivity contribution in [3.8, 4) is 5.75 Å². The molecule has 0 fully saturated rings. The van der Waals surface area contributed by atoms with Gasteiger partial charge in [-0.3, -0.25) is 4.98 Å². The number of pyridine rings is 1. The number of rotatable bonds is 3. The normalized spacial score (nSPS) is 10.2. The van der Waals surface area contributed by atoms with Crippen molar-refractivity contribution in [1.82, 2.24) is 4.98 Å². The molecule has 0 unspecified atom stereocenters. The second-order valence-corrected chi connectivity index (χ2v) is 2.60. The number of nitrogens with zero attached hydrogens (tertiary/aromatic N) is 1. The van der Waals surface area contributed by atoms with Crippen molar-refractivity contribution in [2.24, 2.45) is 0 Å². The maximum absolute atomic E-state index is 12.7. The van der Waals surface area contributed by atoms with Crippen molar-refractivity contribution in [1.29, 1.82) is 0 Å². The highest BCUT2D eigenvalue weighted by Gasteiger charge is 2.23. The number of aromatic nitrogens is 1. The molecule has 0 atom stereocenters. The molecule has 0 spiro atoms. The lowest BCUT2D eigenvalue weighted by molar-refractivity contribution is 0.0587. The Morgan fingerprint density at radius 2 is 2.07 bits per heavy atom. The minimum absolute atomic E-state index is 0.132. The van der Waals surface area contributed by atoms with E-state index in [0.717, 1.165) is 19.5 Å². The molecule has 0 N–H and O–H groups in total. The first kappa shape index (κ1) is 11.4. The molecule has 4 nitrogen and oxygen atoms in total. The average Bonchev–Trinajstić information content (AvgIpc) is 2.26. The molecule has 82 valence electrons. The van der Waals surface area contributed by atoms with Crippen LogP contribution in [0.3, 0.4) is 0 Å². The average molecular weight is 217 g/mol. The zero-order valence-corrected chi connectivity index (χ0v) is 8.16. The SMILES string of the molecule is COC(=O)c1cncc(OC)c1C(F)F. The summed E-state index contributed by atoms with van der Waals surface area (Å²) in [6.45, 7) is 0. The summed E-state index contributed by atoms with van der Waals surface area (Å²) in [5.41, 5.74) is -0.786. The van der Waals surface area contributed by atoms with Gasteiger partial charge in [0.25, 0.3) is 6.43 Å². The second kappa shape index (κ2) is 4.68. The predicted molar refractivity (Wildman–Crippen MR) is 47.1 cm³/mol. The number of carbonyl (C=O) groups excluding carboxylic acids is 1. The molecule has 0 aromatic carbocycles. The standard InChI is InChI=1S/C9H9F2NO3/c1-14-6-4-12-3-5(9(13)15-2)7(6)8(10)11/h3-4,8H,1-2H3. The molecular weight excluding hydrogens is 208 g/mol. The summed E-state index contributed by atoms with van der Waals surface area (Å²) >= 11 is 0. The van der Waals surface area contributed by atoms with Crippen LogP contribution in [0.15, 0.2) is 12.4 Å². The van der Waals surface area contributed by atoms with E-state index in [1.807, 2.05) is 0 Å². The Morgan fingerprint density at radius 3 is 2.53 bits per heavy atom. The van der Waals surface area contributed by atoms with Gasteiger partial charge in [-0.25, -0.2) is 13.6 Å². The van der Waals surface area contributed by atoms with Crippen LogP contribution in [0.4, 0.5) is 8.78 Å². The van der Waals surface area contributed by atoms with Crippen molar-refractivity contribution in [3.05, 3.63) is 23.5 Å². The van der Waals surface area contributed by atoms with E-state index >= 15 is 0 Å². The van der Waals surface area contributed by atoms with E-state index < -0.39 is 18.0 Å². The molecule has 0 aliphatic carbocycles. The van der Waals surface area contributed by atoms with E-state index in [0.29, 0.717) is 0 Å². The van der Waals surface area contributed by atoms with Gasteiger partial charge in [0.05, 0.1) is 31.5 Å². The zero-order valence-electron chi connectivity index (χ0n) is 8.16. The lowest BCUT2D eigenvalue weighted by Crippen LogP contribution is -2.08. The lowest BCUT2D eigenvalue weighted by atomic mass is 10.1. The van der Waals surface area contributed by atoms with Gasteiger partial charge < -0.3 is 9.47 Å². The van der Waals surface area contributed by atoms with Gasteiger partial charge in [-0.05, 0) is 0 Å². The van der Waals surface area contributed by atoms with Gasteiger partial charge in [-0.15, -0.1) is 0 Å². The number of halogens is 2. The van der Waals surface area contributed by atoms with Crippen LogP contribution in [0.2, 0.25) is 0 Å². The highest BCUT2D eigenvalue weighted by atomic mass is 19.3. The second-order valence-electron chi connectivity index (χ2n) is 2.60. The number of ether oxygens (including phenoxy) is 2. The van der Waals surface area contributed by atoms with E-state index in [9.17, 15) is 13.6 Å². The highest BCUT2D eigenvalue weighted by molar-refractivity contribution is 5.91. The molecule has 0 saturated carbocycles. The summed E-state index contributed by atoms with van der Waals surface area (Å²) in [7, 11) is 2.33. The quantitative estimate of drug-likeness (QED) is 0.724. The first-order valence-electron chi connectivity index (χ1n) is 4.00. The molecule has 0 bridgehead atoms. The van der Waals surface area contributed by atoms with Gasteiger partial charge in [0.2, 0.25) is 0 Å². The van der Waals surface area contributed by atoms with Crippen LogP contribution in [0.25, 0.3) is 0 Å². The molecule has 1 heterocycles. The number of carbonyl (C=O) groups is 1. The van der Waals surface area contributed by atoms with E-state index in [1.54, 1.807) is 0 Å². The van der Waals surface area contributed by atoms with Crippen LogP contribution in [0.1, 0.15) is 22.3 Å². The molecule has 0 aliphatic rings. The molecule has 1 aromatic heterocycles. The lowest BCUT2D eigenvalue weighted by Gasteiger charge is -2.10. The van der Waals surface area contributed by atoms with Crippen molar-refractivity contribution in [3.63, 3.8) is 0 Å². The maximum atomic E-state index is 12.7. The van der Waals surface area contributed by atoms with Crippen molar-refractivity contribution in [2.45, 2.75) is 6.43 Å². The molecule has 0 radical (unpaired) electrons. The largest absolute Gasteiger partial charge is 0.495 e. The number of esters is 1. The molecular formula is C9H9F2NO3. The van der Waals surface area contributed by atoms with Gasteiger partial charge in [0.15, 0.2) is 0 Å². The van der Waals surface area contributed by atoms with Crippen molar-refractivity contribution < 1.29 is 23.0 Å². The summed E-state index contributed by atoms with van der Waals surface area (Å²) < 4.78 is 34.4. The van der Waals surface area contributed by atoms with Crippen LogP contribution in [-0.2, 0) is 4.74 Å². The van der Waals surface area contributed by atoms with Gasteiger partial charge in [-0.1, -0.05) is 0 Å². The molecule has 1 rings (SSSR count). The highest BCUT2D eigenvalue weighted by Crippen LogP contribution is 2.31. The van der Waals surface area contributed by atoms with Crippen molar-refractivity contribution in [2.75, 3.05) is 14.2 Å². The smallest absolute Gasteiger partial charge is 0.340 e. The fraction of sp³-hybridized carbons (Fsp3) is 0.333. The number of methoxy groups -OCH3 is 2. The molecule has 1 aromatic rings. The first-order valence-corrected chi connectivity index (χ1v) is 4.00. The minimum atomic E-state index is -2.82. The van der Waals surface area contributed by atoms with Crippen LogP contribution < -0.4 is 4.74 Å². The Bertz CT molecular complexity index is 368. The van der Waals surface area contributed by atoms with E-state index in [4.69, 9.17) is 4.74 Å². The number of alkyl halides is 2. The molecule has 15 heavy (non-hydrogen) atoms. The topological polar surface area (TPSA) is 48.4 Å². The number of hydrogen-bond acceptors (Lipinski definition) is 4. The first-order chi connectivity index (χ1) is 7.11. The molecule has 0 aliphatic heterocycles. The Kier molecular flexibility index (Phi) is 3.54. The monoisotopic (exact) mass is 217 g/mol. The van der Waals surface area contributed by atoms with Crippen LogP contribution in [0, 0.1) is 0 Å². The Hall–Kier alpha value is -1.72. The molecule has 6 heteroatoms. The summed E-state index contributed by atoms with van der Waals surface area (Å²) in [4.78, 5) is 14.8.